The van der Waals surface area contributed by atoms with E-state index < -0.39 is 0 Å². The molecule has 11 heteroatoms. The van der Waals surface area contributed by atoms with E-state index in [0.717, 1.165) is 60.3 Å². The fraction of sp³-hybridized carbons (Fsp3) is 0.320. The summed E-state index contributed by atoms with van der Waals surface area (Å²) in [4.78, 5) is 18.1. The van der Waals surface area contributed by atoms with Gasteiger partial charge >= 0.3 is 5.69 Å². The highest BCUT2D eigenvalue weighted by Gasteiger charge is 2.17. The number of imidazole rings is 1. The molecule has 0 bridgehead atoms. The molecule has 0 radical (unpaired) electrons. The van der Waals surface area contributed by atoms with E-state index in [0.29, 0.717) is 18.3 Å². The molecule has 1 N–H and O–H groups in total. The van der Waals surface area contributed by atoms with Crippen LogP contribution in [0.25, 0.3) is 28.5 Å². The minimum absolute atomic E-state index is 0.142. The Morgan fingerprint density at radius 2 is 1.86 bits per heavy atom. The molecular formula is C25H28N10O. The number of H-pyrrole nitrogens is 1. The fourth-order valence-electron chi connectivity index (χ4n) is 4.25. The lowest BCUT2D eigenvalue weighted by Gasteiger charge is -2.09. The number of nitrogens with zero attached hydrogens (tertiary/aromatic N) is 9. The molecule has 0 spiro atoms. The Hall–Kier alpha value is -4.41. The SMILES string of the molecule is CCCCn1cnnc1-n1cc(CCC)n(Cc2cc(-c3cccc(-c4nnn[nH]4)c3)ccn2)c1=O. The van der Waals surface area contributed by atoms with Crippen LogP contribution < -0.4 is 5.69 Å². The Bertz CT molecular complexity index is 1500. The van der Waals surface area contributed by atoms with Crippen LogP contribution in [0.4, 0.5) is 0 Å². The molecule has 184 valence electrons. The first-order valence-electron chi connectivity index (χ1n) is 12.2. The van der Waals surface area contributed by atoms with Gasteiger partial charge in [0.25, 0.3) is 0 Å². The van der Waals surface area contributed by atoms with Crippen LogP contribution in [0.5, 0.6) is 0 Å². The van der Waals surface area contributed by atoms with Gasteiger partial charge in [0, 0.05) is 30.2 Å². The number of hydrogen-bond acceptors (Lipinski definition) is 7. The molecule has 0 aliphatic rings. The van der Waals surface area contributed by atoms with E-state index in [-0.39, 0.29) is 5.69 Å². The van der Waals surface area contributed by atoms with Crippen molar-refractivity contribution in [1.82, 2.24) is 49.5 Å². The number of aryl methyl sites for hydroxylation is 2. The van der Waals surface area contributed by atoms with Crippen molar-refractivity contribution < 1.29 is 0 Å². The van der Waals surface area contributed by atoms with Gasteiger partial charge in [-0.15, -0.1) is 15.3 Å². The minimum atomic E-state index is -0.142. The standard InChI is InChI=1S/C25H28N10O/c1-3-5-12-33-17-27-30-24(33)35-16-22(7-4-2)34(25(35)36)15-21-14-19(10-11-26-21)18-8-6-9-20(13-18)23-28-31-32-29-23/h6,8-11,13-14,16-17H,3-5,7,12,15H2,1-2H3,(H,28,29,31,32). The summed E-state index contributed by atoms with van der Waals surface area (Å²) in [6, 6.07) is 11.9. The molecule has 5 rings (SSSR count). The second-order valence-electron chi connectivity index (χ2n) is 8.65. The summed E-state index contributed by atoms with van der Waals surface area (Å²) in [7, 11) is 0. The predicted octanol–water partition coefficient (Wildman–Crippen LogP) is 3.27. The van der Waals surface area contributed by atoms with Crippen LogP contribution in [-0.4, -0.2) is 49.5 Å². The molecule has 0 saturated heterocycles. The Kier molecular flexibility index (Phi) is 6.78. The Labute approximate surface area is 207 Å². The van der Waals surface area contributed by atoms with E-state index in [1.54, 1.807) is 21.7 Å². The molecule has 0 unspecified atom stereocenters. The van der Waals surface area contributed by atoms with Gasteiger partial charge in [-0.2, -0.15) is 0 Å². The number of nitrogens with one attached hydrogen (secondary N) is 1. The molecule has 36 heavy (non-hydrogen) atoms. The van der Waals surface area contributed by atoms with E-state index in [1.807, 2.05) is 47.2 Å². The number of benzene rings is 1. The van der Waals surface area contributed by atoms with Crippen LogP contribution in [-0.2, 0) is 19.5 Å². The fourth-order valence-corrected chi connectivity index (χ4v) is 4.25. The maximum Gasteiger partial charge on any atom is 0.335 e. The number of tetrazole rings is 1. The zero-order chi connectivity index (χ0) is 24.9. The van der Waals surface area contributed by atoms with Gasteiger partial charge < -0.3 is 0 Å². The summed E-state index contributed by atoms with van der Waals surface area (Å²) in [6.07, 6.45) is 9.08. The molecule has 5 aromatic rings. The van der Waals surface area contributed by atoms with Crippen LogP contribution in [0.3, 0.4) is 0 Å². The third-order valence-electron chi connectivity index (χ3n) is 6.08. The van der Waals surface area contributed by atoms with Crippen molar-refractivity contribution in [2.45, 2.75) is 52.6 Å². The number of unbranched alkanes of at least 4 members (excludes halogenated alkanes) is 1. The normalized spacial score (nSPS) is 11.3. The van der Waals surface area contributed by atoms with Crippen LogP contribution >= 0.6 is 0 Å². The third-order valence-corrected chi connectivity index (χ3v) is 6.08. The van der Waals surface area contributed by atoms with Crippen LogP contribution in [0.1, 0.15) is 44.5 Å². The summed E-state index contributed by atoms with van der Waals surface area (Å²) in [5, 5.41) is 22.4. The van der Waals surface area contributed by atoms with Gasteiger partial charge in [-0.05, 0) is 52.6 Å². The average molecular weight is 485 g/mol. The Morgan fingerprint density at radius 3 is 2.67 bits per heavy atom. The summed E-state index contributed by atoms with van der Waals surface area (Å²) in [6.45, 7) is 5.37. The van der Waals surface area contributed by atoms with Crippen molar-refractivity contribution >= 4 is 0 Å². The number of pyridine rings is 1. The summed E-state index contributed by atoms with van der Waals surface area (Å²) >= 11 is 0. The first-order valence-corrected chi connectivity index (χ1v) is 12.2. The van der Waals surface area contributed by atoms with Crippen molar-refractivity contribution in [3.05, 3.63) is 77.0 Å². The van der Waals surface area contributed by atoms with Gasteiger partial charge in [0.15, 0.2) is 5.82 Å². The van der Waals surface area contributed by atoms with Gasteiger partial charge in [0.1, 0.15) is 6.33 Å². The molecule has 0 amide bonds. The molecule has 1 aromatic carbocycles. The zero-order valence-electron chi connectivity index (χ0n) is 20.4. The second kappa shape index (κ2) is 10.5. The highest BCUT2D eigenvalue weighted by molar-refractivity contribution is 5.70. The molecule has 4 heterocycles. The van der Waals surface area contributed by atoms with Crippen molar-refractivity contribution in [3.63, 3.8) is 0 Å². The topological polar surface area (TPSA) is 125 Å². The van der Waals surface area contributed by atoms with E-state index >= 15 is 0 Å². The molecule has 0 aliphatic carbocycles. The summed E-state index contributed by atoms with van der Waals surface area (Å²) in [5.41, 5.74) is 4.50. The average Bonchev–Trinajstić information content (AvgIpc) is 3.66. The summed E-state index contributed by atoms with van der Waals surface area (Å²) in [5.74, 6) is 1.15. The number of aromatic amines is 1. The monoisotopic (exact) mass is 484 g/mol. The Balaban J connectivity index is 1.47. The first kappa shape index (κ1) is 23.3. The summed E-state index contributed by atoms with van der Waals surface area (Å²) < 4.78 is 5.32. The molecule has 0 aliphatic heterocycles. The quantitative estimate of drug-likeness (QED) is 0.322. The molecule has 0 saturated carbocycles. The van der Waals surface area contributed by atoms with Gasteiger partial charge in [-0.3, -0.25) is 14.1 Å². The van der Waals surface area contributed by atoms with Crippen LogP contribution in [0, 0.1) is 0 Å². The lowest BCUT2D eigenvalue weighted by Crippen LogP contribution is -2.26. The molecular weight excluding hydrogens is 456 g/mol. The van der Waals surface area contributed by atoms with E-state index in [9.17, 15) is 4.79 Å². The van der Waals surface area contributed by atoms with Crippen molar-refractivity contribution in [2.75, 3.05) is 0 Å². The maximum absolute atomic E-state index is 13.5. The van der Waals surface area contributed by atoms with Gasteiger partial charge in [-0.1, -0.05) is 44.9 Å². The first-order chi connectivity index (χ1) is 17.7. The molecule has 0 atom stereocenters. The number of aromatic nitrogens is 10. The highest BCUT2D eigenvalue weighted by Crippen LogP contribution is 2.24. The van der Waals surface area contributed by atoms with Crippen molar-refractivity contribution in [1.29, 1.82) is 0 Å². The number of hydrogen-bond donors (Lipinski definition) is 1. The van der Waals surface area contributed by atoms with Gasteiger partial charge in [0.05, 0.1) is 12.2 Å². The van der Waals surface area contributed by atoms with Crippen LogP contribution in [0.2, 0.25) is 0 Å². The molecule has 0 fully saturated rings. The Morgan fingerprint density at radius 1 is 1.00 bits per heavy atom. The minimum Gasteiger partial charge on any atom is -0.299 e. The van der Waals surface area contributed by atoms with E-state index in [2.05, 4.69) is 49.7 Å². The predicted molar refractivity (Wildman–Crippen MR) is 134 cm³/mol. The highest BCUT2D eigenvalue weighted by atomic mass is 16.2. The van der Waals surface area contributed by atoms with Crippen LogP contribution in [0.15, 0.2) is 59.9 Å². The maximum atomic E-state index is 13.5. The largest absolute Gasteiger partial charge is 0.335 e. The smallest absolute Gasteiger partial charge is 0.299 e. The van der Waals surface area contributed by atoms with E-state index in [4.69, 9.17) is 0 Å². The number of rotatable bonds is 10. The van der Waals surface area contributed by atoms with Gasteiger partial charge in [0.2, 0.25) is 5.95 Å². The second-order valence-corrected chi connectivity index (χ2v) is 8.65. The lowest BCUT2D eigenvalue weighted by atomic mass is 10.0. The molecule has 11 nitrogen and oxygen atoms in total. The van der Waals surface area contributed by atoms with Crippen molar-refractivity contribution in [2.24, 2.45) is 0 Å². The third kappa shape index (κ3) is 4.72. The molecule has 4 aromatic heterocycles. The zero-order valence-corrected chi connectivity index (χ0v) is 20.4. The lowest BCUT2D eigenvalue weighted by molar-refractivity contribution is 0.606. The van der Waals surface area contributed by atoms with Gasteiger partial charge in [-0.25, -0.2) is 14.5 Å². The van der Waals surface area contributed by atoms with Crippen molar-refractivity contribution in [3.8, 4) is 28.5 Å². The van der Waals surface area contributed by atoms with E-state index in [1.165, 1.54) is 0 Å².